The highest BCUT2D eigenvalue weighted by atomic mass is 32.2. The maximum absolute atomic E-state index is 5.21. The van der Waals surface area contributed by atoms with Gasteiger partial charge in [-0.2, -0.15) is 11.8 Å². The van der Waals surface area contributed by atoms with Crippen LogP contribution in [0.3, 0.4) is 0 Å². The van der Waals surface area contributed by atoms with Crippen molar-refractivity contribution in [2.45, 2.75) is 38.5 Å². The number of thioether (sulfide) groups is 1. The van der Waals surface area contributed by atoms with Crippen LogP contribution < -0.4 is 10.1 Å². The van der Waals surface area contributed by atoms with E-state index in [0.717, 1.165) is 12.3 Å². The van der Waals surface area contributed by atoms with Crippen LogP contribution in [0.5, 0.6) is 5.75 Å². The molecule has 0 aromatic heterocycles. The fraction of sp³-hybridized carbons (Fsp3) is 0.600. The van der Waals surface area contributed by atoms with E-state index in [1.807, 2.05) is 23.9 Å². The van der Waals surface area contributed by atoms with Crippen molar-refractivity contribution in [3.8, 4) is 5.75 Å². The van der Waals surface area contributed by atoms with Gasteiger partial charge < -0.3 is 10.1 Å². The molecule has 0 saturated carbocycles. The first kappa shape index (κ1) is 15.4. The first-order valence-corrected chi connectivity index (χ1v) is 7.76. The third-order valence-electron chi connectivity index (χ3n) is 2.95. The maximum Gasteiger partial charge on any atom is 0.118 e. The predicted octanol–water partition coefficient (Wildman–Crippen LogP) is 3.88. The van der Waals surface area contributed by atoms with E-state index in [2.05, 4.69) is 38.2 Å². The zero-order valence-electron chi connectivity index (χ0n) is 11.9. The Morgan fingerprint density at radius 1 is 1.22 bits per heavy atom. The second-order valence-corrected chi connectivity index (χ2v) is 5.87. The highest BCUT2D eigenvalue weighted by molar-refractivity contribution is 7.99. The molecule has 0 aliphatic heterocycles. The molecule has 2 unspecified atom stereocenters. The Morgan fingerprint density at radius 3 is 2.39 bits per heavy atom. The second kappa shape index (κ2) is 8.44. The number of ether oxygens (including phenoxy) is 1. The van der Waals surface area contributed by atoms with E-state index in [1.54, 1.807) is 7.11 Å². The minimum absolute atomic E-state index is 0.414. The lowest BCUT2D eigenvalue weighted by atomic mass is 10.0. The van der Waals surface area contributed by atoms with Gasteiger partial charge >= 0.3 is 0 Å². The van der Waals surface area contributed by atoms with Gasteiger partial charge in [-0.15, -0.1) is 0 Å². The average molecular weight is 267 g/mol. The zero-order chi connectivity index (χ0) is 13.4. The Bertz CT molecular complexity index is 326. The Hall–Kier alpha value is -0.670. The smallest absolute Gasteiger partial charge is 0.118 e. The summed E-state index contributed by atoms with van der Waals surface area (Å²) in [6.45, 7) is 7.69. The summed E-state index contributed by atoms with van der Waals surface area (Å²) in [5.74, 6) is 2.14. The lowest BCUT2D eigenvalue weighted by molar-refractivity contribution is 0.414. The SMILES string of the molecule is CCCSC(C)C(NCC)c1ccc(OC)cc1. The normalized spacial score (nSPS) is 14.2. The van der Waals surface area contributed by atoms with Gasteiger partial charge in [0.25, 0.3) is 0 Å². The van der Waals surface area contributed by atoms with Crippen molar-refractivity contribution in [2.75, 3.05) is 19.4 Å². The van der Waals surface area contributed by atoms with Gasteiger partial charge in [-0.05, 0) is 36.4 Å². The molecular weight excluding hydrogens is 242 g/mol. The summed E-state index contributed by atoms with van der Waals surface area (Å²) in [6.07, 6.45) is 1.23. The first-order chi connectivity index (χ1) is 8.72. The molecule has 1 aromatic rings. The number of benzene rings is 1. The Balaban J connectivity index is 2.75. The summed E-state index contributed by atoms with van der Waals surface area (Å²) in [4.78, 5) is 0. The van der Waals surface area contributed by atoms with E-state index in [1.165, 1.54) is 17.7 Å². The topological polar surface area (TPSA) is 21.3 Å². The zero-order valence-corrected chi connectivity index (χ0v) is 12.7. The summed E-state index contributed by atoms with van der Waals surface area (Å²) in [7, 11) is 1.70. The molecule has 2 nitrogen and oxygen atoms in total. The van der Waals surface area contributed by atoms with E-state index in [4.69, 9.17) is 4.74 Å². The molecule has 2 atom stereocenters. The molecule has 0 amide bonds. The van der Waals surface area contributed by atoms with Crippen molar-refractivity contribution in [1.82, 2.24) is 5.32 Å². The van der Waals surface area contributed by atoms with Gasteiger partial charge in [0.1, 0.15) is 5.75 Å². The van der Waals surface area contributed by atoms with E-state index >= 15 is 0 Å². The van der Waals surface area contributed by atoms with E-state index in [0.29, 0.717) is 11.3 Å². The molecule has 0 spiro atoms. The maximum atomic E-state index is 5.21. The van der Waals surface area contributed by atoms with Gasteiger partial charge in [-0.1, -0.05) is 32.9 Å². The largest absolute Gasteiger partial charge is 0.497 e. The molecule has 0 fully saturated rings. The average Bonchev–Trinajstić information content (AvgIpc) is 2.42. The molecule has 3 heteroatoms. The molecule has 1 aromatic carbocycles. The number of nitrogens with one attached hydrogen (secondary N) is 1. The van der Waals surface area contributed by atoms with Crippen molar-refractivity contribution in [3.63, 3.8) is 0 Å². The highest BCUT2D eigenvalue weighted by Gasteiger charge is 2.18. The van der Waals surface area contributed by atoms with E-state index in [9.17, 15) is 0 Å². The molecular formula is C15H25NOS. The van der Waals surface area contributed by atoms with Gasteiger partial charge in [-0.25, -0.2) is 0 Å². The molecule has 0 aliphatic rings. The standard InChI is InChI=1S/C15H25NOS/c1-5-11-18-12(3)15(16-6-2)13-7-9-14(17-4)10-8-13/h7-10,12,15-16H,5-6,11H2,1-4H3. The summed E-state index contributed by atoms with van der Waals surface area (Å²) in [5, 5.41) is 4.17. The lowest BCUT2D eigenvalue weighted by Gasteiger charge is -2.25. The van der Waals surface area contributed by atoms with Crippen molar-refractivity contribution < 1.29 is 4.74 Å². The van der Waals surface area contributed by atoms with Crippen LogP contribution in [-0.2, 0) is 0 Å². The van der Waals surface area contributed by atoms with Gasteiger partial charge in [0.2, 0.25) is 0 Å². The molecule has 1 rings (SSSR count). The summed E-state index contributed by atoms with van der Waals surface area (Å²) in [6, 6.07) is 8.82. The van der Waals surface area contributed by atoms with Crippen LogP contribution in [0.15, 0.2) is 24.3 Å². The Kier molecular flexibility index (Phi) is 7.21. The molecule has 0 heterocycles. The van der Waals surface area contributed by atoms with Crippen molar-refractivity contribution in [1.29, 1.82) is 0 Å². The van der Waals surface area contributed by atoms with Gasteiger partial charge in [0, 0.05) is 11.3 Å². The summed E-state index contributed by atoms with van der Waals surface area (Å²) < 4.78 is 5.21. The second-order valence-electron chi connectivity index (χ2n) is 4.38. The minimum Gasteiger partial charge on any atom is -0.497 e. The fourth-order valence-electron chi connectivity index (χ4n) is 1.99. The van der Waals surface area contributed by atoms with Gasteiger partial charge in [-0.3, -0.25) is 0 Å². The van der Waals surface area contributed by atoms with E-state index < -0.39 is 0 Å². The highest BCUT2D eigenvalue weighted by Crippen LogP contribution is 2.28. The van der Waals surface area contributed by atoms with Crippen LogP contribution in [0.2, 0.25) is 0 Å². The van der Waals surface area contributed by atoms with Crippen LogP contribution in [0.1, 0.15) is 38.8 Å². The third kappa shape index (κ3) is 4.54. The quantitative estimate of drug-likeness (QED) is 0.772. The van der Waals surface area contributed by atoms with Crippen LogP contribution >= 0.6 is 11.8 Å². The first-order valence-electron chi connectivity index (χ1n) is 6.71. The predicted molar refractivity (Wildman–Crippen MR) is 81.6 cm³/mol. The van der Waals surface area contributed by atoms with Crippen molar-refractivity contribution >= 4 is 11.8 Å². The minimum atomic E-state index is 0.414. The number of rotatable bonds is 8. The number of methoxy groups -OCH3 is 1. The summed E-state index contributed by atoms with van der Waals surface area (Å²) >= 11 is 2.04. The van der Waals surface area contributed by atoms with Crippen molar-refractivity contribution in [2.24, 2.45) is 0 Å². The summed E-state index contributed by atoms with van der Waals surface area (Å²) in [5.41, 5.74) is 1.34. The molecule has 0 radical (unpaired) electrons. The van der Waals surface area contributed by atoms with Crippen molar-refractivity contribution in [3.05, 3.63) is 29.8 Å². The molecule has 0 bridgehead atoms. The van der Waals surface area contributed by atoms with Crippen LogP contribution in [0.25, 0.3) is 0 Å². The van der Waals surface area contributed by atoms with Crippen LogP contribution in [0, 0.1) is 0 Å². The van der Waals surface area contributed by atoms with Crippen LogP contribution in [0.4, 0.5) is 0 Å². The molecule has 102 valence electrons. The molecule has 18 heavy (non-hydrogen) atoms. The molecule has 1 N–H and O–H groups in total. The Labute approximate surface area is 116 Å². The lowest BCUT2D eigenvalue weighted by Crippen LogP contribution is -2.28. The monoisotopic (exact) mass is 267 g/mol. The van der Waals surface area contributed by atoms with E-state index in [-0.39, 0.29) is 0 Å². The molecule has 0 saturated heterocycles. The van der Waals surface area contributed by atoms with Crippen LogP contribution in [-0.4, -0.2) is 24.7 Å². The van der Waals surface area contributed by atoms with Gasteiger partial charge in [0.15, 0.2) is 0 Å². The Morgan fingerprint density at radius 2 is 1.89 bits per heavy atom. The fourth-order valence-corrected chi connectivity index (χ4v) is 3.04. The number of hydrogen-bond acceptors (Lipinski definition) is 3. The number of hydrogen-bond donors (Lipinski definition) is 1. The van der Waals surface area contributed by atoms with Gasteiger partial charge in [0.05, 0.1) is 7.11 Å². The molecule has 0 aliphatic carbocycles. The third-order valence-corrected chi connectivity index (χ3v) is 4.40.